The fourth-order valence-electron chi connectivity index (χ4n) is 4.08. The highest BCUT2D eigenvalue weighted by Gasteiger charge is 2.46. The largest absolute Gasteiger partial charge is 0.481 e. The van der Waals surface area contributed by atoms with Crippen LogP contribution in [0.2, 0.25) is 0 Å². The minimum atomic E-state index is -3.80. The van der Waals surface area contributed by atoms with Gasteiger partial charge in [0.15, 0.2) is 0 Å². The predicted octanol–water partition coefficient (Wildman–Crippen LogP) is 3.27. The van der Waals surface area contributed by atoms with E-state index in [1.165, 1.54) is 0 Å². The van der Waals surface area contributed by atoms with E-state index in [1.807, 2.05) is 19.2 Å². The quantitative estimate of drug-likeness (QED) is 0.578. The van der Waals surface area contributed by atoms with E-state index < -0.39 is 27.4 Å². The summed E-state index contributed by atoms with van der Waals surface area (Å²) in [5.74, 6) is -1.69. The van der Waals surface area contributed by atoms with Crippen LogP contribution in [0.5, 0.6) is 0 Å². The summed E-state index contributed by atoms with van der Waals surface area (Å²) in [6.07, 6.45) is 5.70. The minimum Gasteiger partial charge on any atom is -0.481 e. The van der Waals surface area contributed by atoms with Gasteiger partial charge in [-0.15, -0.1) is 0 Å². The lowest BCUT2D eigenvalue weighted by Crippen LogP contribution is -2.60. The molecule has 1 aromatic rings. The fourth-order valence-corrected chi connectivity index (χ4v) is 5.58. The van der Waals surface area contributed by atoms with Gasteiger partial charge >= 0.3 is 5.97 Å². The van der Waals surface area contributed by atoms with Crippen molar-refractivity contribution in [2.45, 2.75) is 69.2 Å². The zero-order valence-electron chi connectivity index (χ0n) is 17.3. The van der Waals surface area contributed by atoms with Crippen molar-refractivity contribution in [3.63, 3.8) is 0 Å². The maximum atomic E-state index is 13.1. The van der Waals surface area contributed by atoms with Gasteiger partial charge in [-0.25, -0.2) is 13.1 Å². The highest BCUT2D eigenvalue weighted by Crippen LogP contribution is 2.34. The third-order valence-corrected chi connectivity index (χ3v) is 7.46. The second-order valence-electron chi connectivity index (χ2n) is 7.97. The van der Waals surface area contributed by atoms with E-state index in [4.69, 9.17) is 0 Å². The van der Waals surface area contributed by atoms with Crippen molar-refractivity contribution in [1.82, 2.24) is 9.62 Å². The zero-order valence-corrected chi connectivity index (χ0v) is 18.1. The predicted molar refractivity (Wildman–Crippen MR) is 111 cm³/mol. The van der Waals surface area contributed by atoms with Crippen LogP contribution in [0, 0.1) is 5.92 Å². The van der Waals surface area contributed by atoms with Crippen LogP contribution in [-0.4, -0.2) is 50.1 Å². The Balaban J connectivity index is 2.23. The Hall–Kier alpha value is -1.44. The minimum absolute atomic E-state index is 0.199. The number of aliphatic carboxylic acids is 1. The van der Waals surface area contributed by atoms with Crippen LogP contribution in [0.4, 0.5) is 0 Å². The number of nitrogens with one attached hydrogen (secondary N) is 1. The molecule has 0 spiro atoms. The molecule has 0 radical (unpaired) electrons. The number of unbranched alkanes of at least 4 members (excludes halogenated alkanes) is 2. The number of likely N-dealkylation sites (tertiary alicyclic amines) is 1. The van der Waals surface area contributed by atoms with Gasteiger partial charge in [0.1, 0.15) is 0 Å². The van der Waals surface area contributed by atoms with Gasteiger partial charge in [0, 0.05) is 5.54 Å². The molecule has 1 aliphatic rings. The fraction of sp³-hybridized carbons (Fsp3) is 0.667. The van der Waals surface area contributed by atoms with Crippen LogP contribution in [0.3, 0.4) is 0 Å². The van der Waals surface area contributed by atoms with Crippen molar-refractivity contribution < 1.29 is 18.3 Å². The van der Waals surface area contributed by atoms with Crippen molar-refractivity contribution in [2.24, 2.45) is 5.92 Å². The van der Waals surface area contributed by atoms with Gasteiger partial charge in [0.25, 0.3) is 0 Å². The molecule has 1 saturated heterocycles. The van der Waals surface area contributed by atoms with E-state index in [-0.39, 0.29) is 4.90 Å². The number of rotatable bonds is 10. The standard InChI is InChI=1S/C21H34N2O4S/c1-4-6-7-8-17-9-11-18(12-10-17)28(26,27)22-21(19(5-2)20(24)25)13-15-23(3)16-14-21/h9-12,19,22H,4-8,13-16H2,1-3H3,(H,24,25). The molecular formula is C21H34N2O4S. The van der Waals surface area contributed by atoms with Crippen molar-refractivity contribution in [3.05, 3.63) is 29.8 Å². The Morgan fingerprint density at radius 3 is 2.29 bits per heavy atom. The number of aryl methyl sites for hydroxylation is 1. The van der Waals surface area contributed by atoms with Crippen molar-refractivity contribution in [1.29, 1.82) is 0 Å². The second kappa shape index (κ2) is 9.85. The van der Waals surface area contributed by atoms with E-state index in [0.29, 0.717) is 32.4 Å². The molecule has 2 rings (SSSR count). The molecule has 1 heterocycles. The Labute approximate surface area is 169 Å². The Morgan fingerprint density at radius 2 is 1.79 bits per heavy atom. The van der Waals surface area contributed by atoms with Gasteiger partial charge < -0.3 is 10.0 Å². The number of hydrogen-bond donors (Lipinski definition) is 2. The van der Waals surface area contributed by atoms with Gasteiger partial charge in [0.2, 0.25) is 10.0 Å². The monoisotopic (exact) mass is 410 g/mol. The summed E-state index contributed by atoms with van der Waals surface area (Å²) in [7, 11) is -1.83. The highest BCUT2D eigenvalue weighted by molar-refractivity contribution is 7.89. The summed E-state index contributed by atoms with van der Waals surface area (Å²) >= 11 is 0. The molecule has 1 fully saturated rings. The van der Waals surface area contributed by atoms with E-state index in [1.54, 1.807) is 19.1 Å². The molecule has 7 heteroatoms. The number of benzene rings is 1. The molecule has 0 aliphatic carbocycles. The van der Waals surface area contributed by atoms with E-state index in [0.717, 1.165) is 31.2 Å². The van der Waals surface area contributed by atoms with Gasteiger partial charge in [-0.05, 0) is 69.9 Å². The molecule has 0 aromatic heterocycles. The number of carboxylic acids is 1. The van der Waals surface area contributed by atoms with E-state index >= 15 is 0 Å². The summed E-state index contributed by atoms with van der Waals surface area (Å²) in [6.45, 7) is 5.30. The lowest BCUT2D eigenvalue weighted by atomic mass is 9.76. The summed E-state index contributed by atoms with van der Waals surface area (Å²) < 4.78 is 29.0. The van der Waals surface area contributed by atoms with Crippen LogP contribution < -0.4 is 4.72 Å². The topological polar surface area (TPSA) is 86.7 Å². The molecule has 28 heavy (non-hydrogen) atoms. The molecule has 0 saturated carbocycles. The van der Waals surface area contributed by atoms with Crippen molar-refractivity contribution in [2.75, 3.05) is 20.1 Å². The molecule has 2 N–H and O–H groups in total. The number of piperidine rings is 1. The van der Waals surface area contributed by atoms with Crippen molar-refractivity contribution >= 4 is 16.0 Å². The molecule has 0 bridgehead atoms. The van der Waals surface area contributed by atoms with Crippen LogP contribution in [0.15, 0.2) is 29.2 Å². The normalized spacial score (nSPS) is 18.7. The first-order valence-corrected chi connectivity index (χ1v) is 11.8. The first-order valence-electron chi connectivity index (χ1n) is 10.3. The van der Waals surface area contributed by atoms with Crippen molar-refractivity contribution in [3.8, 4) is 0 Å². The highest BCUT2D eigenvalue weighted by atomic mass is 32.2. The summed E-state index contributed by atoms with van der Waals surface area (Å²) in [4.78, 5) is 14.2. The number of carboxylic acid groups (broad SMARTS) is 1. The lowest BCUT2D eigenvalue weighted by molar-refractivity contribution is -0.145. The third kappa shape index (κ3) is 5.55. The zero-order chi connectivity index (χ0) is 20.8. The first-order chi connectivity index (χ1) is 13.2. The molecule has 1 unspecified atom stereocenters. The van der Waals surface area contributed by atoms with Crippen LogP contribution in [0.1, 0.15) is 57.9 Å². The van der Waals surface area contributed by atoms with Crippen LogP contribution >= 0.6 is 0 Å². The average Bonchev–Trinajstić information content (AvgIpc) is 2.65. The first kappa shape index (κ1) is 22.8. The second-order valence-corrected chi connectivity index (χ2v) is 9.65. The summed E-state index contributed by atoms with van der Waals surface area (Å²) in [6, 6.07) is 6.99. The molecule has 1 aromatic carbocycles. The van der Waals surface area contributed by atoms with Crippen LogP contribution in [0.25, 0.3) is 0 Å². The molecule has 0 amide bonds. The smallest absolute Gasteiger partial charge is 0.308 e. The number of carbonyl (C=O) groups is 1. The lowest BCUT2D eigenvalue weighted by Gasteiger charge is -2.44. The summed E-state index contributed by atoms with van der Waals surface area (Å²) in [5, 5.41) is 9.71. The Kier molecular flexibility index (Phi) is 8.04. The van der Waals surface area contributed by atoms with E-state index in [2.05, 4.69) is 16.5 Å². The molecule has 158 valence electrons. The molecular weight excluding hydrogens is 376 g/mol. The SMILES string of the molecule is CCCCCc1ccc(S(=O)(=O)NC2(C(CC)C(=O)O)CCN(C)CC2)cc1. The molecule has 1 aliphatic heterocycles. The Morgan fingerprint density at radius 1 is 1.18 bits per heavy atom. The van der Waals surface area contributed by atoms with E-state index in [9.17, 15) is 18.3 Å². The molecule has 1 atom stereocenters. The van der Waals surface area contributed by atoms with Gasteiger partial charge in [-0.2, -0.15) is 0 Å². The number of sulfonamides is 1. The average molecular weight is 411 g/mol. The van der Waals surface area contributed by atoms with Crippen LogP contribution in [-0.2, 0) is 21.2 Å². The number of hydrogen-bond acceptors (Lipinski definition) is 4. The maximum Gasteiger partial charge on any atom is 0.308 e. The molecule has 6 nitrogen and oxygen atoms in total. The van der Waals surface area contributed by atoms with Gasteiger partial charge in [0.05, 0.1) is 10.8 Å². The summed E-state index contributed by atoms with van der Waals surface area (Å²) in [5.41, 5.74) is 0.171. The Bertz CT molecular complexity index is 738. The maximum absolute atomic E-state index is 13.1. The number of nitrogens with zero attached hydrogens (tertiary/aromatic N) is 1. The van der Waals surface area contributed by atoms with Gasteiger partial charge in [-0.1, -0.05) is 38.8 Å². The third-order valence-electron chi connectivity index (χ3n) is 5.89. The van der Waals surface area contributed by atoms with Gasteiger partial charge in [-0.3, -0.25) is 4.79 Å².